The van der Waals surface area contributed by atoms with Gasteiger partial charge in [0, 0.05) is 17.5 Å². The van der Waals surface area contributed by atoms with Gasteiger partial charge < -0.3 is 0 Å². The number of anilines is 1. The molecule has 1 aromatic carbocycles. The van der Waals surface area contributed by atoms with Crippen LogP contribution in [-0.4, -0.2) is 16.1 Å². The molecule has 4 nitrogen and oxygen atoms in total. The van der Waals surface area contributed by atoms with Crippen molar-refractivity contribution in [2.24, 2.45) is 5.41 Å². The molecule has 1 amide bonds. The van der Waals surface area contributed by atoms with E-state index in [4.69, 9.17) is 11.6 Å². The monoisotopic (exact) mass is 335 g/mol. The van der Waals surface area contributed by atoms with E-state index in [0.717, 1.165) is 17.0 Å². The van der Waals surface area contributed by atoms with Gasteiger partial charge in [0.1, 0.15) is 5.01 Å². The number of rotatable bonds is 4. The first kappa shape index (κ1) is 16.6. The minimum Gasteiger partial charge on any atom is -0.297 e. The van der Waals surface area contributed by atoms with Crippen LogP contribution in [0.15, 0.2) is 30.3 Å². The lowest BCUT2D eigenvalue weighted by Crippen LogP contribution is -2.08. The molecule has 1 N–H and O–H groups in total. The third-order valence-corrected chi connectivity index (χ3v) is 3.77. The van der Waals surface area contributed by atoms with Crippen LogP contribution in [-0.2, 0) is 11.2 Å². The van der Waals surface area contributed by atoms with E-state index in [9.17, 15) is 4.79 Å². The zero-order valence-corrected chi connectivity index (χ0v) is 14.3. The first-order valence-corrected chi connectivity index (χ1v) is 8.08. The zero-order valence-electron chi connectivity index (χ0n) is 12.8. The Balaban J connectivity index is 1.93. The Morgan fingerprint density at radius 1 is 1.27 bits per heavy atom. The summed E-state index contributed by atoms with van der Waals surface area (Å²) in [4.78, 5) is 11.9. The van der Waals surface area contributed by atoms with Crippen molar-refractivity contribution in [2.75, 3.05) is 5.32 Å². The Hall–Kier alpha value is -1.72. The number of nitrogens with one attached hydrogen (secondary N) is 1. The highest BCUT2D eigenvalue weighted by molar-refractivity contribution is 7.15. The van der Waals surface area contributed by atoms with Gasteiger partial charge in [0.15, 0.2) is 0 Å². The van der Waals surface area contributed by atoms with Gasteiger partial charge in [-0.3, -0.25) is 10.1 Å². The Bertz CT molecular complexity index is 671. The van der Waals surface area contributed by atoms with Gasteiger partial charge in [0.05, 0.1) is 0 Å². The van der Waals surface area contributed by atoms with Gasteiger partial charge in [0.25, 0.3) is 0 Å². The van der Waals surface area contributed by atoms with Crippen molar-refractivity contribution in [3.8, 4) is 0 Å². The summed E-state index contributed by atoms with van der Waals surface area (Å²) in [6.07, 6.45) is 4.03. The van der Waals surface area contributed by atoms with Crippen molar-refractivity contribution < 1.29 is 4.79 Å². The van der Waals surface area contributed by atoms with E-state index in [-0.39, 0.29) is 11.3 Å². The summed E-state index contributed by atoms with van der Waals surface area (Å²) in [6, 6.07) is 7.25. The molecule has 6 heteroatoms. The summed E-state index contributed by atoms with van der Waals surface area (Å²) in [6.45, 7) is 6.42. The molecule has 0 aliphatic heterocycles. The lowest BCUT2D eigenvalue weighted by Gasteiger charge is -2.14. The van der Waals surface area contributed by atoms with E-state index in [1.54, 1.807) is 18.2 Å². The third-order valence-electron chi connectivity index (χ3n) is 2.68. The first-order chi connectivity index (χ1) is 10.3. The molecule has 0 bridgehead atoms. The number of carbonyl (C=O) groups is 1. The predicted octanol–water partition coefficient (Wildman–Crippen LogP) is 4.43. The fraction of sp³-hybridized carbons (Fsp3) is 0.312. The van der Waals surface area contributed by atoms with Crippen LogP contribution in [0.5, 0.6) is 0 Å². The molecule has 0 spiro atoms. The fourth-order valence-corrected chi connectivity index (χ4v) is 2.89. The summed E-state index contributed by atoms with van der Waals surface area (Å²) >= 11 is 7.22. The number of halogens is 1. The molecular formula is C16H18ClN3OS. The predicted molar refractivity (Wildman–Crippen MR) is 92.2 cm³/mol. The van der Waals surface area contributed by atoms with Crippen molar-refractivity contribution in [2.45, 2.75) is 27.2 Å². The molecule has 1 aromatic heterocycles. The van der Waals surface area contributed by atoms with Gasteiger partial charge in [-0.05, 0) is 29.2 Å². The first-order valence-electron chi connectivity index (χ1n) is 6.89. The minimum atomic E-state index is -0.228. The summed E-state index contributed by atoms with van der Waals surface area (Å²) in [7, 11) is 0. The fourth-order valence-electron chi connectivity index (χ4n) is 1.72. The number of benzene rings is 1. The molecule has 0 fully saturated rings. The van der Waals surface area contributed by atoms with E-state index < -0.39 is 0 Å². The maximum Gasteiger partial charge on any atom is 0.250 e. The van der Waals surface area contributed by atoms with Gasteiger partial charge in [-0.1, -0.05) is 55.8 Å². The molecule has 0 aliphatic rings. The largest absolute Gasteiger partial charge is 0.297 e. The minimum absolute atomic E-state index is 0.148. The molecule has 0 radical (unpaired) electrons. The van der Waals surface area contributed by atoms with Crippen molar-refractivity contribution >= 4 is 40.1 Å². The molecule has 116 valence electrons. The average molecular weight is 336 g/mol. The Morgan fingerprint density at radius 2 is 1.95 bits per heavy atom. The van der Waals surface area contributed by atoms with Crippen LogP contribution in [0, 0.1) is 5.41 Å². The van der Waals surface area contributed by atoms with Crippen LogP contribution in [0.3, 0.4) is 0 Å². The maximum atomic E-state index is 11.9. The lowest BCUT2D eigenvalue weighted by atomic mass is 9.93. The summed E-state index contributed by atoms with van der Waals surface area (Å²) in [5, 5.41) is 12.9. The van der Waals surface area contributed by atoms with Crippen molar-refractivity contribution in [1.29, 1.82) is 0 Å². The van der Waals surface area contributed by atoms with E-state index in [2.05, 4.69) is 36.3 Å². The standard InChI is InChI=1S/C16H18ClN3OS/c1-16(2,3)10-14-19-20-15(22-14)18-13(21)9-6-11-4-7-12(17)8-5-11/h4-9H,10H2,1-3H3,(H,18,20,21). The second kappa shape index (κ2) is 7.03. The highest BCUT2D eigenvalue weighted by Gasteiger charge is 2.15. The molecule has 0 aliphatic carbocycles. The van der Waals surface area contributed by atoms with Gasteiger partial charge in [-0.25, -0.2) is 0 Å². The molecule has 0 saturated heterocycles. The van der Waals surface area contributed by atoms with Gasteiger partial charge in [0.2, 0.25) is 11.0 Å². The highest BCUT2D eigenvalue weighted by Crippen LogP contribution is 2.24. The SMILES string of the molecule is CC(C)(C)Cc1nnc(NC(=O)C=Cc2ccc(Cl)cc2)s1. The molecule has 2 rings (SSSR count). The topological polar surface area (TPSA) is 54.9 Å². The second-order valence-corrected chi connectivity index (χ2v) is 7.61. The summed E-state index contributed by atoms with van der Waals surface area (Å²) < 4.78 is 0. The quantitative estimate of drug-likeness (QED) is 0.841. The van der Waals surface area contributed by atoms with E-state index in [1.807, 2.05) is 12.1 Å². The van der Waals surface area contributed by atoms with Gasteiger partial charge in [-0.15, -0.1) is 10.2 Å². The number of nitrogens with zero attached hydrogens (tertiary/aromatic N) is 2. The van der Waals surface area contributed by atoms with Crippen molar-refractivity contribution in [3.63, 3.8) is 0 Å². The molecule has 2 aromatic rings. The van der Waals surface area contributed by atoms with Crippen molar-refractivity contribution in [3.05, 3.63) is 45.9 Å². The van der Waals surface area contributed by atoms with Crippen LogP contribution in [0.1, 0.15) is 31.3 Å². The van der Waals surface area contributed by atoms with Crippen molar-refractivity contribution in [1.82, 2.24) is 10.2 Å². The van der Waals surface area contributed by atoms with E-state index in [0.29, 0.717) is 10.2 Å². The zero-order chi connectivity index (χ0) is 16.2. The number of amides is 1. The smallest absolute Gasteiger partial charge is 0.250 e. The van der Waals surface area contributed by atoms with E-state index >= 15 is 0 Å². The Kier molecular flexibility index (Phi) is 5.32. The maximum absolute atomic E-state index is 11.9. The molecule has 22 heavy (non-hydrogen) atoms. The number of carbonyl (C=O) groups excluding carboxylic acids is 1. The van der Waals surface area contributed by atoms with Gasteiger partial charge in [-0.2, -0.15) is 0 Å². The van der Waals surface area contributed by atoms with Crippen LogP contribution in [0.4, 0.5) is 5.13 Å². The van der Waals surface area contributed by atoms with Crippen LogP contribution in [0.2, 0.25) is 5.02 Å². The van der Waals surface area contributed by atoms with Gasteiger partial charge >= 0.3 is 0 Å². The normalized spacial score (nSPS) is 11.8. The lowest BCUT2D eigenvalue weighted by molar-refractivity contribution is -0.111. The number of hydrogen-bond acceptors (Lipinski definition) is 4. The second-order valence-electron chi connectivity index (χ2n) is 6.11. The third kappa shape index (κ3) is 5.58. The number of aromatic nitrogens is 2. The Morgan fingerprint density at radius 3 is 2.59 bits per heavy atom. The average Bonchev–Trinajstić information content (AvgIpc) is 2.83. The summed E-state index contributed by atoms with van der Waals surface area (Å²) in [5.41, 5.74) is 1.06. The molecule has 0 unspecified atom stereocenters. The highest BCUT2D eigenvalue weighted by atomic mass is 35.5. The molecule has 0 atom stereocenters. The molecular weight excluding hydrogens is 318 g/mol. The number of hydrogen-bond donors (Lipinski definition) is 1. The van der Waals surface area contributed by atoms with Crippen LogP contribution in [0.25, 0.3) is 6.08 Å². The van der Waals surface area contributed by atoms with Crippen LogP contribution < -0.4 is 5.32 Å². The Labute approximate surface area is 139 Å². The summed E-state index contributed by atoms with van der Waals surface area (Å²) in [5.74, 6) is -0.228. The molecule has 0 saturated carbocycles. The van der Waals surface area contributed by atoms with Crippen LogP contribution >= 0.6 is 22.9 Å². The van der Waals surface area contributed by atoms with E-state index in [1.165, 1.54) is 17.4 Å². The molecule has 1 heterocycles.